The van der Waals surface area contributed by atoms with Gasteiger partial charge in [0.25, 0.3) is 5.91 Å². The third-order valence-electron chi connectivity index (χ3n) is 4.49. The number of nitrogens with zero attached hydrogens (tertiary/aromatic N) is 4. The summed E-state index contributed by atoms with van der Waals surface area (Å²) in [6.45, 7) is 0. The summed E-state index contributed by atoms with van der Waals surface area (Å²) < 4.78 is 2.45. The summed E-state index contributed by atoms with van der Waals surface area (Å²) in [7, 11) is 0. The predicted molar refractivity (Wildman–Crippen MR) is 123 cm³/mol. The van der Waals surface area contributed by atoms with Crippen LogP contribution in [0.15, 0.2) is 95.4 Å². The van der Waals surface area contributed by atoms with Gasteiger partial charge in [0.15, 0.2) is 0 Å². The number of carbonyl (C=O) groups is 1. The van der Waals surface area contributed by atoms with Crippen molar-refractivity contribution >= 4 is 33.6 Å². The maximum Gasteiger partial charge on any atom is 0.266 e. The molecule has 2 aromatic carbocycles. The first-order valence-electron chi connectivity index (χ1n) is 9.39. The minimum absolute atomic E-state index is 0.0338. The molecule has 0 fully saturated rings. The van der Waals surface area contributed by atoms with E-state index in [2.05, 4.69) is 31.3 Å². The van der Waals surface area contributed by atoms with Crippen molar-refractivity contribution in [2.45, 2.75) is 0 Å². The van der Waals surface area contributed by atoms with E-state index in [0.29, 0.717) is 16.9 Å². The Balaban J connectivity index is 1.75. The minimum atomic E-state index is -0.501. The molecule has 0 saturated carbocycles. The maximum absolute atomic E-state index is 12.8. The van der Waals surface area contributed by atoms with Crippen LogP contribution in [0.4, 0.5) is 5.69 Å². The van der Waals surface area contributed by atoms with Gasteiger partial charge in [-0.1, -0.05) is 30.3 Å². The van der Waals surface area contributed by atoms with E-state index in [9.17, 15) is 10.1 Å². The Morgan fingerprint density at radius 2 is 1.84 bits per heavy atom. The molecule has 31 heavy (non-hydrogen) atoms. The van der Waals surface area contributed by atoms with E-state index in [1.54, 1.807) is 41.5 Å². The molecule has 0 aliphatic heterocycles. The average Bonchev–Trinajstić information content (AvgIpc) is 3.24. The van der Waals surface area contributed by atoms with Gasteiger partial charge >= 0.3 is 0 Å². The molecule has 2 heterocycles. The van der Waals surface area contributed by atoms with Gasteiger partial charge in [-0.05, 0) is 58.4 Å². The van der Waals surface area contributed by atoms with Crippen LogP contribution < -0.4 is 5.32 Å². The normalized spacial score (nSPS) is 11.0. The molecule has 150 valence electrons. The summed E-state index contributed by atoms with van der Waals surface area (Å²) in [4.78, 5) is 16.9. The van der Waals surface area contributed by atoms with E-state index >= 15 is 0 Å². The van der Waals surface area contributed by atoms with E-state index in [0.717, 1.165) is 15.7 Å². The van der Waals surface area contributed by atoms with Crippen molar-refractivity contribution in [1.29, 1.82) is 5.26 Å². The Kier molecular flexibility index (Phi) is 6.01. The number of halogens is 1. The molecule has 1 amide bonds. The van der Waals surface area contributed by atoms with Crippen LogP contribution in [-0.4, -0.2) is 20.7 Å². The number of pyridine rings is 1. The summed E-state index contributed by atoms with van der Waals surface area (Å²) in [5.74, 6) is -0.501. The minimum Gasteiger partial charge on any atom is -0.320 e. The van der Waals surface area contributed by atoms with Gasteiger partial charge in [0, 0.05) is 34.2 Å². The molecule has 0 bridgehead atoms. The van der Waals surface area contributed by atoms with Crippen molar-refractivity contribution in [2.24, 2.45) is 0 Å². The highest BCUT2D eigenvalue weighted by Crippen LogP contribution is 2.26. The van der Waals surface area contributed by atoms with Gasteiger partial charge in [0.05, 0.1) is 11.4 Å². The molecular weight excluding hydrogens is 454 g/mol. The van der Waals surface area contributed by atoms with Crippen molar-refractivity contribution in [1.82, 2.24) is 14.8 Å². The zero-order chi connectivity index (χ0) is 21.6. The van der Waals surface area contributed by atoms with E-state index in [-0.39, 0.29) is 5.57 Å². The van der Waals surface area contributed by atoms with Crippen LogP contribution in [0.1, 0.15) is 5.56 Å². The zero-order valence-electron chi connectivity index (χ0n) is 16.2. The lowest BCUT2D eigenvalue weighted by Crippen LogP contribution is -2.13. The molecule has 0 unspecified atom stereocenters. The number of aromatic nitrogens is 3. The fraction of sp³-hybridized carbons (Fsp3) is 0. The summed E-state index contributed by atoms with van der Waals surface area (Å²) >= 11 is 3.40. The quantitative estimate of drug-likeness (QED) is 0.319. The third kappa shape index (κ3) is 4.60. The summed E-state index contributed by atoms with van der Waals surface area (Å²) in [5, 5.41) is 17.1. The number of carbonyl (C=O) groups excluding carboxylic acids is 1. The van der Waals surface area contributed by atoms with Gasteiger partial charge in [-0.15, -0.1) is 0 Å². The Labute approximate surface area is 187 Å². The SMILES string of the molecule is N#C/C(=C\c1cn(-c2ccccc2)nc1-c1cccnc1)C(=O)Nc1ccccc1Br. The van der Waals surface area contributed by atoms with E-state index in [1.165, 1.54) is 0 Å². The van der Waals surface area contributed by atoms with Crippen LogP contribution in [0.5, 0.6) is 0 Å². The van der Waals surface area contributed by atoms with Crippen molar-refractivity contribution in [3.63, 3.8) is 0 Å². The number of hydrogen-bond donors (Lipinski definition) is 1. The van der Waals surface area contributed by atoms with Gasteiger partial charge in [0.2, 0.25) is 0 Å². The van der Waals surface area contributed by atoms with E-state index in [4.69, 9.17) is 0 Å². The number of hydrogen-bond acceptors (Lipinski definition) is 4. The molecule has 0 spiro atoms. The van der Waals surface area contributed by atoms with Gasteiger partial charge in [-0.2, -0.15) is 10.4 Å². The monoisotopic (exact) mass is 469 g/mol. The highest BCUT2D eigenvalue weighted by Gasteiger charge is 2.16. The smallest absolute Gasteiger partial charge is 0.266 e. The molecule has 4 rings (SSSR count). The van der Waals surface area contributed by atoms with Gasteiger partial charge < -0.3 is 5.32 Å². The van der Waals surface area contributed by atoms with E-state index in [1.807, 2.05) is 60.7 Å². The van der Waals surface area contributed by atoms with Gasteiger partial charge in [0.1, 0.15) is 17.3 Å². The lowest BCUT2D eigenvalue weighted by Gasteiger charge is -2.06. The van der Waals surface area contributed by atoms with Crippen molar-refractivity contribution in [3.05, 3.63) is 101 Å². The second-order valence-electron chi connectivity index (χ2n) is 6.56. The maximum atomic E-state index is 12.8. The number of nitrogens with one attached hydrogen (secondary N) is 1. The van der Waals surface area contributed by atoms with Crippen LogP contribution in [0.25, 0.3) is 23.0 Å². The molecule has 0 radical (unpaired) electrons. The number of amides is 1. The first kappa shape index (κ1) is 20.3. The van der Waals surface area contributed by atoms with Crippen molar-refractivity contribution < 1.29 is 4.79 Å². The lowest BCUT2D eigenvalue weighted by molar-refractivity contribution is -0.112. The highest BCUT2D eigenvalue weighted by molar-refractivity contribution is 9.10. The number of rotatable bonds is 5. The predicted octanol–water partition coefficient (Wildman–Crippen LogP) is 5.24. The second kappa shape index (κ2) is 9.20. The number of benzene rings is 2. The van der Waals surface area contributed by atoms with Crippen molar-refractivity contribution in [3.8, 4) is 23.0 Å². The first-order valence-corrected chi connectivity index (χ1v) is 10.2. The number of nitriles is 1. The molecule has 1 N–H and O–H groups in total. The summed E-state index contributed by atoms with van der Waals surface area (Å²) in [6, 6.07) is 22.5. The fourth-order valence-electron chi connectivity index (χ4n) is 2.99. The van der Waals surface area contributed by atoms with Crippen LogP contribution in [0, 0.1) is 11.3 Å². The molecule has 2 aromatic heterocycles. The topological polar surface area (TPSA) is 83.6 Å². The lowest BCUT2D eigenvalue weighted by atomic mass is 10.1. The van der Waals surface area contributed by atoms with Crippen molar-refractivity contribution in [2.75, 3.05) is 5.32 Å². The zero-order valence-corrected chi connectivity index (χ0v) is 17.8. The van der Waals surface area contributed by atoms with Gasteiger partial charge in [-0.25, -0.2) is 4.68 Å². The molecule has 7 heteroatoms. The summed E-state index contributed by atoms with van der Waals surface area (Å²) in [5.41, 5.74) is 3.46. The average molecular weight is 470 g/mol. The largest absolute Gasteiger partial charge is 0.320 e. The molecule has 4 aromatic rings. The summed E-state index contributed by atoms with van der Waals surface area (Å²) in [6.07, 6.45) is 6.71. The molecule has 0 aliphatic rings. The van der Waals surface area contributed by atoms with Gasteiger partial charge in [-0.3, -0.25) is 9.78 Å². The van der Waals surface area contributed by atoms with Crippen LogP contribution in [0.3, 0.4) is 0 Å². The Hall–Kier alpha value is -4.02. The standard InChI is InChI=1S/C24H16BrN5O/c25-21-10-4-5-11-22(21)28-24(31)18(14-26)13-19-16-30(20-8-2-1-3-9-20)29-23(19)17-7-6-12-27-15-17/h1-13,15-16H,(H,28,31)/b18-13+. The third-order valence-corrected chi connectivity index (χ3v) is 5.18. The highest BCUT2D eigenvalue weighted by atomic mass is 79.9. The van der Waals surface area contributed by atoms with Crippen LogP contribution in [0.2, 0.25) is 0 Å². The number of para-hydroxylation sites is 2. The Morgan fingerprint density at radius 1 is 1.06 bits per heavy atom. The Bertz CT molecular complexity index is 1290. The Morgan fingerprint density at radius 3 is 2.55 bits per heavy atom. The molecule has 0 aliphatic carbocycles. The fourth-order valence-corrected chi connectivity index (χ4v) is 3.37. The molecule has 6 nitrogen and oxygen atoms in total. The molecule has 0 atom stereocenters. The second-order valence-corrected chi connectivity index (χ2v) is 7.41. The number of anilines is 1. The van der Waals surface area contributed by atoms with Crippen LogP contribution >= 0.6 is 15.9 Å². The van der Waals surface area contributed by atoms with Crippen LogP contribution in [-0.2, 0) is 4.79 Å². The molecular formula is C24H16BrN5O. The first-order chi connectivity index (χ1) is 15.2. The molecule has 0 saturated heterocycles. The van der Waals surface area contributed by atoms with E-state index < -0.39 is 5.91 Å².